The lowest BCUT2D eigenvalue weighted by Crippen LogP contribution is -2.05. The van der Waals surface area contributed by atoms with Crippen molar-refractivity contribution in [3.8, 4) is 0 Å². The highest BCUT2D eigenvalue weighted by atomic mass is 16.4. The maximum absolute atomic E-state index is 10.2. The van der Waals surface area contributed by atoms with E-state index in [1.807, 2.05) is 26.0 Å². The van der Waals surface area contributed by atoms with Crippen molar-refractivity contribution >= 4 is 5.97 Å². The van der Waals surface area contributed by atoms with Gasteiger partial charge in [0, 0.05) is 11.8 Å². The summed E-state index contributed by atoms with van der Waals surface area (Å²) < 4.78 is 0. The second-order valence-electron chi connectivity index (χ2n) is 2.76. The fourth-order valence-corrected chi connectivity index (χ4v) is 0.986. The lowest BCUT2D eigenvalue weighted by molar-refractivity contribution is -0.131. The van der Waals surface area contributed by atoms with E-state index in [9.17, 15) is 4.79 Å². The van der Waals surface area contributed by atoms with Crippen molar-refractivity contribution in [1.82, 2.24) is 0 Å². The Morgan fingerprint density at radius 3 is 2.67 bits per heavy atom. The van der Waals surface area contributed by atoms with Gasteiger partial charge in [-0.3, -0.25) is 0 Å². The number of hydrogen-bond acceptors (Lipinski definition) is 2. The Morgan fingerprint density at radius 1 is 1.67 bits per heavy atom. The highest BCUT2D eigenvalue weighted by molar-refractivity contribution is 5.80. The fourth-order valence-electron chi connectivity index (χ4n) is 0.986. The molecule has 0 aromatic heterocycles. The first-order chi connectivity index (χ1) is 5.56. The number of hydrogen-bond donors (Lipinski definition) is 2. The van der Waals surface area contributed by atoms with Crippen molar-refractivity contribution in [1.29, 1.82) is 0 Å². The van der Waals surface area contributed by atoms with Crippen molar-refractivity contribution in [2.75, 3.05) is 0 Å². The molecule has 0 unspecified atom stereocenters. The van der Waals surface area contributed by atoms with Gasteiger partial charge in [-0.05, 0) is 19.3 Å². The number of rotatable bonds is 4. The van der Waals surface area contributed by atoms with Crippen LogP contribution in [0, 0.1) is 5.92 Å². The summed E-state index contributed by atoms with van der Waals surface area (Å²) in [7, 11) is 0. The summed E-state index contributed by atoms with van der Waals surface area (Å²) in [5.74, 6) is -0.689. The van der Waals surface area contributed by atoms with E-state index in [1.165, 1.54) is 0 Å². The molecule has 0 radical (unpaired) electrons. The van der Waals surface area contributed by atoms with Gasteiger partial charge in [-0.15, -0.1) is 0 Å². The molecule has 12 heavy (non-hydrogen) atoms. The van der Waals surface area contributed by atoms with Gasteiger partial charge < -0.3 is 10.8 Å². The van der Waals surface area contributed by atoms with Gasteiger partial charge in [0.1, 0.15) is 0 Å². The van der Waals surface area contributed by atoms with Crippen LogP contribution in [0.3, 0.4) is 0 Å². The van der Waals surface area contributed by atoms with Crippen molar-refractivity contribution in [3.05, 3.63) is 23.9 Å². The van der Waals surface area contributed by atoms with Crippen LogP contribution in [0.2, 0.25) is 0 Å². The van der Waals surface area contributed by atoms with E-state index in [1.54, 1.807) is 0 Å². The van der Waals surface area contributed by atoms with E-state index in [0.29, 0.717) is 18.0 Å². The lowest BCUT2D eigenvalue weighted by Gasteiger charge is -2.04. The van der Waals surface area contributed by atoms with Gasteiger partial charge >= 0.3 is 5.97 Å². The molecular formula is C9H15NO2. The molecule has 0 aromatic carbocycles. The van der Waals surface area contributed by atoms with Crippen LogP contribution >= 0.6 is 0 Å². The smallest absolute Gasteiger partial charge is 0.330 e. The predicted molar refractivity (Wildman–Crippen MR) is 48.5 cm³/mol. The third-order valence-electron chi connectivity index (χ3n) is 1.39. The highest BCUT2D eigenvalue weighted by Gasteiger charge is 2.00. The summed E-state index contributed by atoms with van der Waals surface area (Å²) >= 11 is 0. The van der Waals surface area contributed by atoms with Gasteiger partial charge in [0.05, 0.1) is 0 Å². The molecule has 0 aromatic rings. The first-order valence-corrected chi connectivity index (χ1v) is 3.88. The van der Waals surface area contributed by atoms with Crippen LogP contribution in [0.25, 0.3) is 0 Å². The summed E-state index contributed by atoms with van der Waals surface area (Å²) in [6.45, 7) is 3.91. The second kappa shape index (κ2) is 5.41. The summed E-state index contributed by atoms with van der Waals surface area (Å²) in [5.41, 5.74) is 5.86. The summed E-state index contributed by atoms with van der Waals surface area (Å²) in [5, 5.41) is 8.35. The van der Waals surface area contributed by atoms with Crippen LogP contribution in [-0.4, -0.2) is 11.1 Å². The van der Waals surface area contributed by atoms with Gasteiger partial charge in [0.15, 0.2) is 0 Å². The maximum atomic E-state index is 10.2. The van der Waals surface area contributed by atoms with Crippen LogP contribution in [0.1, 0.15) is 20.3 Å². The lowest BCUT2D eigenvalue weighted by atomic mass is 10.1. The maximum Gasteiger partial charge on any atom is 0.330 e. The van der Waals surface area contributed by atoms with Gasteiger partial charge in [0.25, 0.3) is 0 Å². The van der Waals surface area contributed by atoms with Crippen LogP contribution < -0.4 is 5.73 Å². The number of carboxylic acid groups (broad SMARTS) is 1. The van der Waals surface area contributed by atoms with Crippen LogP contribution in [0.4, 0.5) is 0 Å². The minimum atomic E-state index is -0.986. The zero-order valence-electron chi connectivity index (χ0n) is 7.45. The van der Waals surface area contributed by atoms with Crippen molar-refractivity contribution in [2.24, 2.45) is 11.7 Å². The number of carboxylic acids is 1. The van der Waals surface area contributed by atoms with E-state index < -0.39 is 5.97 Å². The molecule has 68 valence electrons. The molecule has 0 saturated carbocycles. The molecule has 3 heteroatoms. The average molecular weight is 169 g/mol. The molecule has 3 N–H and O–H groups in total. The van der Waals surface area contributed by atoms with E-state index in [4.69, 9.17) is 10.8 Å². The van der Waals surface area contributed by atoms with E-state index in [-0.39, 0.29) is 0 Å². The van der Waals surface area contributed by atoms with Crippen LogP contribution in [0.15, 0.2) is 23.9 Å². The fraction of sp³-hybridized carbons (Fsp3) is 0.444. The first kappa shape index (κ1) is 10.8. The number of aliphatic carboxylic acids is 1. The molecule has 0 aliphatic carbocycles. The molecule has 0 bridgehead atoms. The zero-order chi connectivity index (χ0) is 9.56. The highest BCUT2D eigenvalue weighted by Crippen LogP contribution is 2.07. The van der Waals surface area contributed by atoms with Crippen molar-refractivity contribution in [2.45, 2.75) is 20.3 Å². The Bertz CT molecular complexity index is 207. The molecule has 3 nitrogen and oxygen atoms in total. The third kappa shape index (κ3) is 5.53. The SMILES string of the molecule is CC=C[C@@H](C)CC(N)=CC(=O)O. The monoisotopic (exact) mass is 169 g/mol. The Hall–Kier alpha value is -1.25. The van der Waals surface area contributed by atoms with E-state index in [2.05, 4.69) is 0 Å². The minimum Gasteiger partial charge on any atom is -0.478 e. The first-order valence-electron chi connectivity index (χ1n) is 3.88. The molecule has 0 rings (SSSR count). The number of nitrogens with two attached hydrogens (primary N) is 1. The van der Waals surface area contributed by atoms with Crippen LogP contribution in [0.5, 0.6) is 0 Å². The third-order valence-corrected chi connectivity index (χ3v) is 1.39. The number of carbonyl (C=O) groups is 1. The molecule has 0 saturated heterocycles. The molecule has 0 spiro atoms. The zero-order valence-corrected chi connectivity index (χ0v) is 7.45. The normalized spacial score (nSPS) is 15.0. The minimum absolute atomic E-state index is 0.297. The quantitative estimate of drug-likeness (QED) is 0.495. The predicted octanol–water partition coefficient (Wildman–Crippen LogP) is 1.52. The molecule has 0 heterocycles. The van der Waals surface area contributed by atoms with E-state index >= 15 is 0 Å². The van der Waals surface area contributed by atoms with Crippen LogP contribution in [-0.2, 0) is 4.79 Å². The largest absolute Gasteiger partial charge is 0.478 e. The van der Waals surface area contributed by atoms with E-state index in [0.717, 1.165) is 6.08 Å². The molecule has 0 fully saturated rings. The Kier molecular flexibility index (Phi) is 4.84. The summed E-state index contributed by atoms with van der Waals surface area (Å²) in [4.78, 5) is 10.2. The molecular weight excluding hydrogens is 154 g/mol. The Labute approximate surface area is 72.6 Å². The summed E-state index contributed by atoms with van der Waals surface area (Å²) in [6.07, 6.45) is 5.55. The van der Waals surface area contributed by atoms with Crippen molar-refractivity contribution < 1.29 is 9.90 Å². The molecule has 0 aliphatic rings. The van der Waals surface area contributed by atoms with Gasteiger partial charge in [-0.25, -0.2) is 4.79 Å². The van der Waals surface area contributed by atoms with Gasteiger partial charge in [-0.2, -0.15) is 0 Å². The average Bonchev–Trinajstić information content (AvgIpc) is 1.84. The molecule has 0 aliphatic heterocycles. The second-order valence-corrected chi connectivity index (χ2v) is 2.76. The number of allylic oxidation sites excluding steroid dienone is 3. The molecule has 1 atom stereocenters. The van der Waals surface area contributed by atoms with Gasteiger partial charge in [0.2, 0.25) is 0 Å². The Balaban J connectivity index is 3.99. The van der Waals surface area contributed by atoms with Gasteiger partial charge in [-0.1, -0.05) is 19.1 Å². The standard InChI is InChI=1S/C9H15NO2/c1-3-4-7(2)5-8(10)6-9(11)12/h3-4,6-7H,5,10H2,1-2H3,(H,11,12)/t7-/m1/s1. The van der Waals surface area contributed by atoms with Crippen molar-refractivity contribution in [3.63, 3.8) is 0 Å². The Morgan fingerprint density at radius 2 is 2.25 bits per heavy atom. The molecule has 0 amide bonds. The topological polar surface area (TPSA) is 63.3 Å². The summed E-state index contributed by atoms with van der Waals surface area (Å²) in [6, 6.07) is 0.